The highest BCUT2D eigenvalue weighted by molar-refractivity contribution is 7.80. The number of thiocarbonyl (C=S) groups is 1. The van der Waals surface area contributed by atoms with Crippen LogP contribution in [-0.4, -0.2) is 39.5 Å². The fourth-order valence-electron chi connectivity index (χ4n) is 2.81. The maximum atomic E-state index is 11.8. The van der Waals surface area contributed by atoms with Gasteiger partial charge in [0, 0.05) is 33.6 Å². The Morgan fingerprint density at radius 2 is 1.60 bits per heavy atom. The third-order valence-corrected chi connectivity index (χ3v) is 6.02. The standard InChI is InChI=1S/C20H19ClN2O5S2/c1-25-13-7-11(8-14(26-2)17(13)27-3)23-20(29)22-10-5-6-12-15(9-10)30-18(16(12)21)19(24)28-4/h5-9H,1-4H3,(H2,22,23,29). The quantitative estimate of drug-likeness (QED) is 0.380. The molecule has 2 N–H and O–H groups in total. The van der Waals surface area contributed by atoms with Crippen LogP contribution in [0.3, 0.4) is 0 Å². The number of halogens is 1. The molecule has 0 aliphatic rings. The van der Waals surface area contributed by atoms with Gasteiger partial charge in [0.2, 0.25) is 5.75 Å². The smallest absolute Gasteiger partial charge is 0.349 e. The summed E-state index contributed by atoms with van der Waals surface area (Å²) in [4.78, 5) is 12.2. The Kier molecular flexibility index (Phi) is 6.86. The second kappa shape index (κ2) is 9.38. The summed E-state index contributed by atoms with van der Waals surface area (Å²) in [6.07, 6.45) is 0. The molecule has 1 heterocycles. The van der Waals surface area contributed by atoms with Crippen LogP contribution < -0.4 is 24.8 Å². The van der Waals surface area contributed by atoms with Crippen molar-refractivity contribution >= 4 is 67.7 Å². The molecular formula is C20H19ClN2O5S2. The van der Waals surface area contributed by atoms with Crippen LogP contribution >= 0.6 is 35.2 Å². The minimum absolute atomic E-state index is 0.361. The lowest BCUT2D eigenvalue weighted by Gasteiger charge is -2.16. The average Bonchev–Trinajstić information content (AvgIpc) is 3.08. The van der Waals surface area contributed by atoms with Crippen molar-refractivity contribution in [2.45, 2.75) is 0 Å². The zero-order chi connectivity index (χ0) is 21.8. The molecule has 2 aromatic carbocycles. The number of nitrogens with one attached hydrogen (secondary N) is 2. The summed E-state index contributed by atoms with van der Waals surface area (Å²) in [7, 11) is 5.95. The number of anilines is 2. The van der Waals surface area contributed by atoms with E-state index in [-0.39, 0.29) is 0 Å². The maximum Gasteiger partial charge on any atom is 0.349 e. The van der Waals surface area contributed by atoms with Crippen molar-refractivity contribution < 1.29 is 23.7 Å². The molecule has 158 valence electrons. The molecule has 0 radical (unpaired) electrons. The second-order valence-corrected chi connectivity index (χ2v) is 7.78. The second-order valence-electron chi connectivity index (χ2n) is 5.94. The summed E-state index contributed by atoms with van der Waals surface area (Å²) in [5.74, 6) is 1.04. The highest BCUT2D eigenvalue weighted by Gasteiger charge is 2.18. The van der Waals surface area contributed by atoms with Gasteiger partial charge in [0.15, 0.2) is 16.6 Å². The highest BCUT2D eigenvalue weighted by atomic mass is 35.5. The minimum Gasteiger partial charge on any atom is -0.493 e. The van der Waals surface area contributed by atoms with Gasteiger partial charge in [-0.05, 0) is 30.4 Å². The SMILES string of the molecule is COC(=O)c1sc2cc(NC(=S)Nc3cc(OC)c(OC)c(OC)c3)ccc2c1Cl. The Balaban J connectivity index is 1.81. The summed E-state index contributed by atoms with van der Waals surface area (Å²) in [6, 6.07) is 9.01. The van der Waals surface area contributed by atoms with Gasteiger partial charge in [0.25, 0.3) is 0 Å². The van der Waals surface area contributed by atoms with E-state index in [9.17, 15) is 4.79 Å². The lowest BCUT2D eigenvalue weighted by molar-refractivity contribution is 0.0606. The van der Waals surface area contributed by atoms with E-state index in [0.717, 1.165) is 15.8 Å². The largest absolute Gasteiger partial charge is 0.493 e. The number of fused-ring (bicyclic) bond motifs is 1. The topological polar surface area (TPSA) is 78.1 Å². The van der Waals surface area contributed by atoms with E-state index < -0.39 is 5.97 Å². The number of hydrogen-bond acceptors (Lipinski definition) is 7. The predicted molar refractivity (Wildman–Crippen MR) is 124 cm³/mol. The van der Waals surface area contributed by atoms with Crippen LogP contribution in [0, 0.1) is 0 Å². The fraction of sp³-hybridized carbons (Fsp3) is 0.200. The summed E-state index contributed by atoms with van der Waals surface area (Å²) in [6.45, 7) is 0. The van der Waals surface area contributed by atoms with E-state index in [1.165, 1.54) is 25.6 Å². The average molecular weight is 467 g/mol. The van der Waals surface area contributed by atoms with Crippen LogP contribution in [0.1, 0.15) is 9.67 Å². The number of ether oxygens (including phenoxy) is 4. The molecule has 0 amide bonds. The zero-order valence-corrected chi connectivity index (χ0v) is 19.0. The first-order valence-corrected chi connectivity index (χ1v) is 10.2. The van der Waals surface area contributed by atoms with Gasteiger partial charge in [-0.2, -0.15) is 0 Å². The van der Waals surface area contributed by atoms with Gasteiger partial charge in [-0.25, -0.2) is 4.79 Å². The molecule has 30 heavy (non-hydrogen) atoms. The molecule has 0 saturated carbocycles. The number of thiophene rings is 1. The first-order valence-electron chi connectivity index (χ1n) is 8.60. The molecule has 0 spiro atoms. The van der Waals surface area contributed by atoms with E-state index in [1.54, 1.807) is 26.4 Å². The Labute approximate surface area is 187 Å². The van der Waals surface area contributed by atoms with Crippen molar-refractivity contribution in [1.29, 1.82) is 0 Å². The van der Waals surface area contributed by atoms with Crippen molar-refractivity contribution in [3.05, 3.63) is 40.2 Å². The van der Waals surface area contributed by atoms with E-state index in [2.05, 4.69) is 10.6 Å². The molecule has 0 aliphatic carbocycles. The number of methoxy groups -OCH3 is 4. The first kappa shape index (κ1) is 21.9. The predicted octanol–water partition coefficient (Wildman–Crippen LogP) is 5.18. The Morgan fingerprint density at radius 1 is 0.967 bits per heavy atom. The molecule has 7 nitrogen and oxygen atoms in total. The zero-order valence-electron chi connectivity index (χ0n) is 16.6. The van der Waals surface area contributed by atoms with E-state index in [1.807, 2.05) is 18.2 Å². The maximum absolute atomic E-state index is 11.8. The fourth-order valence-corrected chi connectivity index (χ4v) is 4.52. The van der Waals surface area contributed by atoms with Crippen molar-refractivity contribution in [3.63, 3.8) is 0 Å². The van der Waals surface area contributed by atoms with Crippen LogP contribution in [0.2, 0.25) is 5.02 Å². The summed E-state index contributed by atoms with van der Waals surface area (Å²) in [5, 5.41) is 7.72. The van der Waals surface area contributed by atoms with Gasteiger partial charge in [-0.15, -0.1) is 11.3 Å². The molecule has 0 aliphatic heterocycles. The molecule has 0 unspecified atom stereocenters. The number of carbonyl (C=O) groups excluding carboxylic acids is 1. The summed E-state index contributed by atoms with van der Waals surface area (Å²) >= 11 is 13.0. The molecule has 0 fully saturated rings. The Hall–Kier alpha value is -2.75. The Bertz CT molecular complexity index is 1090. The van der Waals surface area contributed by atoms with Crippen LogP contribution in [0.5, 0.6) is 17.2 Å². The van der Waals surface area contributed by atoms with Gasteiger partial charge in [-0.3, -0.25) is 0 Å². The highest BCUT2D eigenvalue weighted by Crippen LogP contribution is 2.40. The molecule has 3 rings (SSSR count). The van der Waals surface area contributed by atoms with Gasteiger partial charge in [0.05, 0.1) is 33.5 Å². The number of rotatable bonds is 6. The summed E-state index contributed by atoms with van der Waals surface area (Å²) in [5.41, 5.74) is 1.40. The van der Waals surface area contributed by atoms with Crippen LogP contribution in [0.15, 0.2) is 30.3 Å². The monoisotopic (exact) mass is 466 g/mol. The van der Waals surface area contributed by atoms with Gasteiger partial charge in [-0.1, -0.05) is 11.6 Å². The normalized spacial score (nSPS) is 10.4. The van der Waals surface area contributed by atoms with Crippen molar-refractivity contribution in [2.75, 3.05) is 39.1 Å². The number of carbonyl (C=O) groups is 1. The van der Waals surface area contributed by atoms with Crippen LogP contribution in [0.25, 0.3) is 10.1 Å². The number of esters is 1. The van der Waals surface area contributed by atoms with E-state index >= 15 is 0 Å². The lowest BCUT2D eigenvalue weighted by Crippen LogP contribution is -2.19. The Morgan fingerprint density at radius 3 is 2.17 bits per heavy atom. The van der Waals surface area contributed by atoms with Crippen molar-refractivity contribution in [2.24, 2.45) is 0 Å². The molecule has 0 saturated heterocycles. The third-order valence-electron chi connectivity index (χ3n) is 4.18. The molecule has 3 aromatic rings. The molecule has 0 bridgehead atoms. The third kappa shape index (κ3) is 4.38. The number of benzene rings is 2. The molecule has 10 heteroatoms. The van der Waals surface area contributed by atoms with Gasteiger partial charge in [0.1, 0.15) is 4.88 Å². The van der Waals surface area contributed by atoms with Gasteiger partial charge >= 0.3 is 5.97 Å². The van der Waals surface area contributed by atoms with Crippen molar-refractivity contribution in [3.8, 4) is 17.2 Å². The number of hydrogen-bond donors (Lipinski definition) is 2. The van der Waals surface area contributed by atoms with Crippen LogP contribution in [0.4, 0.5) is 11.4 Å². The first-order chi connectivity index (χ1) is 14.4. The van der Waals surface area contributed by atoms with Gasteiger partial charge < -0.3 is 29.6 Å². The minimum atomic E-state index is -0.463. The summed E-state index contributed by atoms with van der Waals surface area (Å²) < 4.78 is 21.6. The molecule has 1 aromatic heterocycles. The van der Waals surface area contributed by atoms with E-state index in [0.29, 0.717) is 37.9 Å². The molecular weight excluding hydrogens is 448 g/mol. The molecule has 0 atom stereocenters. The van der Waals surface area contributed by atoms with E-state index in [4.69, 9.17) is 42.8 Å². The van der Waals surface area contributed by atoms with Crippen molar-refractivity contribution in [1.82, 2.24) is 0 Å². The lowest BCUT2D eigenvalue weighted by atomic mass is 10.2. The van der Waals surface area contributed by atoms with Crippen LogP contribution in [-0.2, 0) is 4.74 Å².